The lowest BCUT2D eigenvalue weighted by Gasteiger charge is -2.26. The van der Waals surface area contributed by atoms with Gasteiger partial charge >= 0.3 is 19.2 Å². The molecule has 9 atom stereocenters. The van der Waals surface area contributed by atoms with E-state index in [4.69, 9.17) is 32.7 Å². The number of nitrogens with zero attached hydrogens (tertiary/aromatic N) is 2. The van der Waals surface area contributed by atoms with Crippen molar-refractivity contribution in [3.63, 3.8) is 0 Å². The summed E-state index contributed by atoms with van der Waals surface area (Å²) in [7, 11) is -2.02. The Morgan fingerprint density at radius 3 is 1.94 bits per heavy atom. The molecule has 2 saturated heterocycles. The zero-order valence-corrected chi connectivity index (χ0v) is 28.2. The van der Waals surface area contributed by atoms with Gasteiger partial charge in [0.05, 0.1) is 24.9 Å². The first kappa shape index (κ1) is 37.6. The Labute approximate surface area is 274 Å². The third-order valence-electron chi connectivity index (χ3n) is 7.69. The molecule has 268 valence electrons. The summed E-state index contributed by atoms with van der Waals surface area (Å²) in [4.78, 5) is 76.7. The fourth-order valence-electron chi connectivity index (χ4n) is 5.67. The summed E-state index contributed by atoms with van der Waals surface area (Å²) < 4.78 is 54.7. The minimum Gasteiger partial charge on any atom is -0.376 e. The van der Waals surface area contributed by atoms with Crippen LogP contribution in [0.1, 0.15) is 46.6 Å². The fraction of sp³-hybridized carbons (Fsp3) is 0.679. The van der Waals surface area contributed by atoms with Crippen molar-refractivity contribution in [1.82, 2.24) is 24.4 Å². The van der Waals surface area contributed by atoms with Crippen LogP contribution in [-0.2, 0) is 42.1 Å². The molecule has 48 heavy (non-hydrogen) atoms. The summed E-state index contributed by atoms with van der Waals surface area (Å²) in [6.45, 7) is 6.51. The smallest absolute Gasteiger partial charge is 0.376 e. The maximum Gasteiger partial charge on any atom is 0.472 e. The zero-order chi connectivity index (χ0) is 35.3. The van der Waals surface area contributed by atoms with Crippen LogP contribution in [-0.4, -0.2) is 100 Å². The summed E-state index contributed by atoms with van der Waals surface area (Å²) >= 11 is 0. The number of H-pyrrole nitrogens is 2. The molecule has 20 heteroatoms. The van der Waals surface area contributed by atoms with Gasteiger partial charge in [-0.15, -0.1) is 0 Å². The zero-order valence-electron chi connectivity index (χ0n) is 27.3. The molecule has 2 aromatic rings. The van der Waals surface area contributed by atoms with Crippen LogP contribution in [0.25, 0.3) is 0 Å². The van der Waals surface area contributed by atoms with Crippen LogP contribution in [0.5, 0.6) is 0 Å². The third kappa shape index (κ3) is 9.04. The molecule has 0 bridgehead atoms. The normalized spacial score (nSPS) is 28.6. The van der Waals surface area contributed by atoms with Crippen molar-refractivity contribution in [3.8, 4) is 0 Å². The van der Waals surface area contributed by atoms with Gasteiger partial charge in [0.2, 0.25) is 5.91 Å². The number of phosphoric ester groups is 1. The molecule has 2 aliphatic rings. The van der Waals surface area contributed by atoms with Gasteiger partial charge < -0.3 is 33.9 Å². The molecule has 2 aromatic heterocycles. The van der Waals surface area contributed by atoms with E-state index in [0.29, 0.717) is 0 Å². The van der Waals surface area contributed by atoms with E-state index in [0.717, 1.165) is 16.7 Å². The van der Waals surface area contributed by atoms with Crippen LogP contribution in [0.3, 0.4) is 0 Å². The van der Waals surface area contributed by atoms with E-state index in [9.17, 15) is 33.4 Å². The van der Waals surface area contributed by atoms with Gasteiger partial charge in [-0.25, -0.2) is 14.2 Å². The number of amides is 1. The Bertz CT molecular complexity index is 1690. The maximum absolute atomic E-state index is 13.5. The van der Waals surface area contributed by atoms with Crippen molar-refractivity contribution in [2.24, 2.45) is 5.92 Å². The molecular weight excluding hydrogens is 661 g/mol. The molecule has 0 spiro atoms. The number of aromatic amines is 2. The number of aromatic nitrogens is 4. The van der Waals surface area contributed by atoms with Crippen LogP contribution in [0.15, 0.2) is 43.7 Å². The van der Waals surface area contributed by atoms with Crippen LogP contribution >= 0.6 is 7.82 Å². The molecule has 19 nitrogen and oxygen atoms in total. The van der Waals surface area contributed by atoms with Crippen molar-refractivity contribution < 1.29 is 47.0 Å². The van der Waals surface area contributed by atoms with Gasteiger partial charge in [0.1, 0.15) is 24.4 Å². The number of ether oxygens (including phenoxy) is 5. The number of hydrogen-bond acceptors (Lipinski definition) is 13. The fourth-order valence-corrected chi connectivity index (χ4v) is 6.81. The standard InChI is InChI=1S/C28H42N5O14P/c1-14(2)43-13-18-16(22(41-5)25(45-18)32-9-7-19(34)30-27(32)37)11-21(36)29-12-17-23(47-48(39,40)46-15(3)4)24(42-6)26(44-17)33-10-8-20(35)31-28(33)38/h7-10,14-18,22-26H,11-13H2,1-6H3,(H,29,36)(H,39,40)(H,30,34,37)(H,31,35,38)/t16-,17-,18-,22-,23-,24-,25-,26-/m1/s1. The Morgan fingerprint density at radius 1 is 0.896 bits per heavy atom. The second kappa shape index (κ2) is 16.0. The molecule has 1 unspecified atom stereocenters. The highest BCUT2D eigenvalue weighted by molar-refractivity contribution is 7.47. The van der Waals surface area contributed by atoms with Crippen molar-refractivity contribution in [2.75, 3.05) is 27.4 Å². The van der Waals surface area contributed by atoms with E-state index < -0.39 is 91.2 Å². The first-order chi connectivity index (χ1) is 22.6. The predicted molar refractivity (Wildman–Crippen MR) is 165 cm³/mol. The molecule has 0 saturated carbocycles. The minimum atomic E-state index is -4.69. The van der Waals surface area contributed by atoms with Gasteiger partial charge in [-0.05, 0) is 27.7 Å². The van der Waals surface area contributed by atoms with Gasteiger partial charge in [-0.2, -0.15) is 0 Å². The number of carbonyl (C=O) groups excluding carboxylic acids is 1. The average Bonchev–Trinajstić information content (AvgIpc) is 3.50. The van der Waals surface area contributed by atoms with Crippen LogP contribution in [0, 0.1) is 5.92 Å². The lowest BCUT2D eigenvalue weighted by Crippen LogP contribution is -2.43. The Morgan fingerprint density at radius 2 is 1.44 bits per heavy atom. The average molecular weight is 704 g/mol. The van der Waals surface area contributed by atoms with E-state index in [-0.39, 0.29) is 25.7 Å². The van der Waals surface area contributed by atoms with Crippen LogP contribution < -0.4 is 27.8 Å². The van der Waals surface area contributed by atoms with E-state index in [2.05, 4.69) is 15.3 Å². The summed E-state index contributed by atoms with van der Waals surface area (Å²) in [5, 5.41) is 2.73. The number of methoxy groups -OCH3 is 2. The predicted octanol–water partition coefficient (Wildman–Crippen LogP) is -0.630. The highest BCUT2D eigenvalue weighted by Crippen LogP contribution is 2.49. The molecule has 0 aromatic carbocycles. The topological polar surface area (TPSA) is 241 Å². The largest absolute Gasteiger partial charge is 0.472 e. The molecule has 2 fully saturated rings. The van der Waals surface area contributed by atoms with Crippen molar-refractivity contribution in [2.45, 2.75) is 89.3 Å². The first-order valence-corrected chi connectivity index (χ1v) is 16.7. The van der Waals surface area contributed by atoms with E-state index >= 15 is 0 Å². The summed E-state index contributed by atoms with van der Waals surface area (Å²) in [5.41, 5.74) is -2.80. The molecule has 0 radical (unpaired) electrons. The molecule has 0 aliphatic carbocycles. The molecule has 2 aliphatic heterocycles. The number of hydrogen-bond donors (Lipinski definition) is 4. The molecule has 4 heterocycles. The molecule has 4 rings (SSSR count). The van der Waals surface area contributed by atoms with E-state index in [1.54, 1.807) is 0 Å². The number of rotatable bonds is 15. The maximum atomic E-state index is 13.5. The van der Waals surface area contributed by atoms with Gasteiger partial charge in [-0.3, -0.25) is 42.5 Å². The highest BCUT2D eigenvalue weighted by Gasteiger charge is 2.51. The van der Waals surface area contributed by atoms with Crippen molar-refractivity contribution in [3.05, 3.63) is 66.2 Å². The monoisotopic (exact) mass is 703 g/mol. The minimum absolute atomic E-state index is 0.0679. The lowest BCUT2D eigenvalue weighted by molar-refractivity contribution is -0.124. The van der Waals surface area contributed by atoms with E-state index in [1.165, 1.54) is 45.0 Å². The first-order valence-electron chi connectivity index (χ1n) is 15.2. The number of carbonyl (C=O) groups is 1. The van der Waals surface area contributed by atoms with Gasteiger partial charge in [0.15, 0.2) is 12.5 Å². The number of phosphoric acid groups is 1. The Balaban J connectivity index is 1.56. The van der Waals surface area contributed by atoms with Crippen molar-refractivity contribution in [1.29, 1.82) is 0 Å². The molecule has 1 amide bonds. The summed E-state index contributed by atoms with van der Waals surface area (Å²) in [6, 6.07) is 2.25. The Kier molecular flexibility index (Phi) is 12.5. The number of nitrogens with one attached hydrogen (secondary N) is 3. The summed E-state index contributed by atoms with van der Waals surface area (Å²) in [6.07, 6.45) is -5.98. The van der Waals surface area contributed by atoms with E-state index in [1.807, 2.05) is 13.8 Å². The Hall–Kier alpha value is -3.26. The lowest BCUT2D eigenvalue weighted by atomic mass is 9.93. The van der Waals surface area contributed by atoms with Crippen molar-refractivity contribution >= 4 is 13.7 Å². The SMILES string of the molecule is CO[C@@H]1[C@H](CC(=O)NC[C@H]2O[C@@H](n3ccc(=O)[nH]c3=O)[C@H](OC)[C@@H]2OP(=O)(O)OC(C)C)[C@@H](COC(C)C)O[C@H]1n1ccc(=O)[nH]c1=O. The molecular formula is C28H42N5O14P. The second-order valence-corrected chi connectivity index (χ2v) is 13.2. The van der Waals surface area contributed by atoms with Gasteiger partial charge in [0.25, 0.3) is 11.1 Å². The third-order valence-corrected chi connectivity index (χ3v) is 8.89. The highest BCUT2D eigenvalue weighted by atomic mass is 31.2. The second-order valence-electron chi connectivity index (χ2n) is 11.8. The van der Waals surface area contributed by atoms with Crippen LogP contribution in [0.4, 0.5) is 0 Å². The molecule has 4 N–H and O–H groups in total. The quantitative estimate of drug-likeness (QED) is 0.169. The summed E-state index contributed by atoms with van der Waals surface area (Å²) in [5.74, 6) is -1.15. The van der Waals surface area contributed by atoms with Crippen LogP contribution in [0.2, 0.25) is 0 Å². The van der Waals surface area contributed by atoms with Gasteiger partial charge in [0, 0.05) is 57.6 Å². The van der Waals surface area contributed by atoms with Gasteiger partial charge in [-0.1, -0.05) is 0 Å².